The molecule has 4 aromatic heterocycles. The third-order valence-electron chi connectivity index (χ3n) is 8.39. The van der Waals surface area contributed by atoms with Gasteiger partial charge in [0.1, 0.15) is 0 Å². The van der Waals surface area contributed by atoms with Gasteiger partial charge in [-0.3, -0.25) is 15.0 Å². The summed E-state index contributed by atoms with van der Waals surface area (Å²) in [6.45, 7) is 0. The van der Waals surface area contributed by atoms with E-state index in [9.17, 15) is 0 Å². The van der Waals surface area contributed by atoms with Crippen molar-refractivity contribution in [2.45, 2.75) is 0 Å². The first-order valence-electron chi connectivity index (χ1n) is 14.1. The predicted octanol–water partition coefficient (Wildman–Crippen LogP) is 9.52. The quantitative estimate of drug-likeness (QED) is 0.164. The normalized spacial score (nSPS) is 11.8. The number of rotatable bonds is 2. The highest BCUT2D eigenvalue weighted by molar-refractivity contribution is 6.20. The van der Waals surface area contributed by atoms with Crippen LogP contribution < -0.4 is 0 Å². The van der Waals surface area contributed by atoms with E-state index in [0.717, 1.165) is 60.1 Å². The number of nitrogens with zero attached hydrogens (tertiary/aromatic N) is 4. The number of hydrogen-bond acceptors (Lipinski definition) is 4. The van der Waals surface area contributed by atoms with Gasteiger partial charge in [-0.2, -0.15) is 0 Å². The minimum Gasteiger partial charge on any atom is -0.254 e. The SMILES string of the molecule is c1cnc2c(c1)ccc1c(-c3ccc(-c4c5ccccc5nc5c4ccc4cccnc45)c4ccccc34)ccnc12. The average molecular weight is 535 g/mol. The minimum absolute atomic E-state index is 0.921. The Labute approximate surface area is 241 Å². The van der Waals surface area contributed by atoms with E-state index < -0.39 is 0 Å². The Morgan fingerprint density at radius 3 is 1.71 bits per heavy atom. The molecule has 0 spiro atoms. The predicted molar refractivity (Wildman–Crippen MR) is 174 cm³/mol. The van der Waals surface area contributed by atoms with Crippen molar-refractivity contribution >= 4 is 65.3 Å². The van der Waals surface area contributed by atoms with Crippen LogP contribution >= 0.6 is 0 Å². The van der Waals surface area contributed by atoms with Gasteiger partial charge in [0.05, 0.1) is 27.6 Å². The largest absolute Gasteiger partial charge is 0.254 e. The Morgan fingerprint density at radius 1 is 0.333 bits per heavy atom. The van der Waals surface area contributed by atoms with Crippen LogP contribution in [0, 0.1) is 0 Å². The van der Waals surface area contributed by atoms with Crippen molar-refractivity contribution in [3.63, 3.8) is 0 Å². The molecule has 9 rings (SSSR count). The zero-order valence-corrected chi connectivity index (χ0v) is 22.5. The first-order valence-corrected chi connectivity index (χ1v) is 14.1. The standard InChI is InChI=1S/C38H22N4/c1-2-10-26-25(9-1)27(28-19-22-41-37-30(28)15-13-23-7-5-20-39-35(23)37)17-18-29(26)34-31-11-3-4-12-33(31)42-38-32(34)16-14-24-8-6-21-40-36(24)38/h1-22H. The van der Waals surface area contributed by atoms with E-state index in [0.29, 0.717) is 0 Å². The van der Waals surface area contributed by atoms with Crippen molar-refractivity contribution in [2.24, 2.45) is 0 Å². The Kier molecular flexibility index (Phi) is 4.87. The van der Waals surface area contributed by atoms with Gasteiger partial charge >= 0.3 is 0 Å². The second kappa shape index (κ2) is 8.88. The molecule has 0 N–H and O–H groups in total. The molecule has 0 saturated heterocycles. The fraction of sp³-hybridized carbons (Fsp3) is 0. The topological polar surface area (TPSA) is 51.6 Å². The summed E-state index contributed by atoms with van der Waals surface area (Å²) in [7, 11) is 0. The molecule has 0 saturated carbocycles. The van der Waals surface area contributed by atoms with Crippen molar-refractivity contribution in [2.75, 3.05) is 0 Å². The molecule has 0 aliphatic heterocycles. The molecule has 0 aliphatic carbocycles. The molecule has 0 radical (unpaired) electrons. The maximum absolute atomic E-state index is 5.12. The highest BCUT2D eigenvalue weighted by Gasteiger charge is 2.18. The fourth-order valence-corrected chi connectivity index (χ4v) is 6.52. The van der Waals surface area contributed by atoms with Crippen LogP contribution in [0.25, 0.3) is 87.5 Å². The van der Waals surface area contributed by atoms with Crippen LogP contribution in [-0.4, -0.2) is 19.9 Å². The van der Waals surface area contributed by atoms with Crippen molar-refractivity contribution in [1.29, 1.82) is 0 Å². The number of fused-ring (bicyclic) bond motifs is 8. The molecule has 0 fully saturated rings. The van der Waals surface area contributed by atoms with Gasteiger partial charge in [0.25, 0.3) is 0 Å². The van der Waals surface area contributed by atoms with Crippen molar-refractivity contribution in [3.8, 4) is 22.3 Å². The summed E-state index contributed by atoms with van der Waals surface area (Å²) in [5.74, 6) is 0. The summed E-state index contributed by atoms with van der Waals surface area (Å²) < 4.78 is 0. The molecule has 42 heavy (non-hydrogen) atoms. The molecular weight excluding hydrogens is 512 g/mol. The lowest BCUT2D eigenvalue weighted by Crippen LogP contribution is -1.93. The van der Waals surface area contributed by atoms with E-state index in [4.69, 9.17) is 15.0 Å². The first kappa shape index (κ1) is 23.0. The molecule has 4 nitrogen and oxygen atoms in total. The van der Waals surface area contributed by atoms with Gasteiger partial charge < -0.3 is 0 Å². The molecule has 0 bridgehead atoms. The lowest BCUT2D eigenvalue weighted by atomic mass is 9.88. The van der Waals surface area contributed by atoms with Gasteiger partial charge in [0, 0.05) is 51.1 Å². The monoisotopic (exact) mass is 534 g/mol. The molecule has 0 aliphatic rings. The van der Waals surface area contributed by atoms with Crippen LogP contribution in [0.1, 0.15) is 0 Å². The second-order valence-corrected chi connectivity index (χ2v) is 10.6. The number of hydrogen-bond donors (Lipinski definition) is 0. The third-order valence-corrected chi connectivity index (χ3v) is 8.39. The highest BCUT2D eigenvalue weighted by Crippen LogP contribution is 2.43. The summed E-state index contributed by atoms with van der Waals surface area (Å²) in [6, 6.07) is 40.6. The molecular formula is C38H22N4. The second-order valence-electron chi connectivity index (χ2n) is 10.6. The van der Waals surface area contributed by atoms with E-state index in [-0.39, 0.29) is 0 Å². The summed E-state index contributed by atoms with van der Waals surface area (Å²) in [5, 5.41) is 7.89. The van der Waals surface area contributed by atoms with Crippen LogP contribution in [-0.2, 0) is 0 Å². The van der Waals surface area contributed by atoms with Crippen molar-refractivity contribution in [1.82, 2.24) is 19.9 Å². The molecule has 0 unspecified atom stereocenters. The fourth-order valence-electron chi connectivity index (χ4n) is 6.52. The van der Waals surface area contributed by atoms with Gasteiger partial charge in [-0.1, -0.05) is 91.0 Å². The molecule has 9 aromatic rings. The summed E-state index contributed by atoms with van der Waals surface area (Å²) in [4.78, 5) is 19.3. The number of pyridine rings is 4. The molecule has 5 aromatic carbocycles. The van der Waals surface area contributed by atoms with Crippen molar-refractivity contribution < 1.29 is 0 Å². The molecule has 4 heteroatoms. The number of benzene rings is 5. The maximum Gasteiger partial charge on any atom is 0.0978 e. The smallest absolute Gasteiger partial charge is 0.0978 e. The summed E-state index contributed by atoms with van der Waals surface area (Å²) >= 11 is 0. The number of para-hydroxylation sites is 1. The van der Waals surface area contributed by atoms with E-state index in [1.165, 1.54) is 27.5 Å². The molecule has 194 valence electrons. The van der Waals surface area contributed by atoms with Crippen LogP contribution in [0.5, 0.6) is 0 Å². The number of aromatic nitrogens is 4. The van der Waals surface area contributed by atoms with Gasteiger partial charge in [-0.15, -0.1) is 0 Å². The van der Waals surface area contributed by atoms with E-state index in [2.05, 4.69) is 108 Å². The van der Waals surface area contributed by atoms with Gasteiger partial charge in [0.2, 0.25) is 0 Å². The maximum atomic E-state index is 5.12. The van der Waals surface area contributed by atoms with Gasteiger partial charge in [-0.05, 0) is 51.7 Å². The Morgan fingerprint density at radius 2 is 0.929 bits per heavy atom. The molecule has 4 heterocycles. The Hall–Kier alpha value is -5.74. The average Bonchev–Trinajstić information content (AvgIpc) is 3.06. The lowest BCUT2D eigenvalue weighted by Gasteiger charge is -2.17. The lowest BCUT2D eigenvalue weighted by molar-refractivity contribution is 1.37. The summed E-state index contributed by atoms with van der Waals surface area (Å²) in [6.07, 6.45) is 5.58. The van der Waals surface area contributed by atoms with E-state index in [1.807, 2.05) is 30.7 Å². The Balaban J connectivity index is 1.38. The van der Waals surface area contributed by atoms with E-state index in [1.54, 1.807) is 0 Å². The van der Waals surface area contributed by atoms with Crippen LogP contribution in [0.2, 0.25) is 0 Å². The highest BCUT2D eigenvalue weighted by atomic mass is 14.7. The zero-order valence-electron chi connectivity index (χ0n) is 22.5. The Bertz CT molecular complexity index is 2530. The third kappa shape index (κ3) is 3.29. The van der Waals surface area contributed by atoms with Crippen LogP contribution in [0.4, 0.5) is 0 Å². The summed E-state index contributed by atoms with van der Waals surface area (Å²) in [5.41, 5.74) is 9.34. The van der Waals surface area contributed by atoms with Gasteiger partial charge in [0.15, 0.2) is 0 Å². The van der Waals surface area contributed by atoms with E-state index >= 15 is 0 Å². The van der Waals surface area contributed by atoms with Gasteiger partial charge in [-0.25, -0.2) is 4.98 Å². The first-order chi connectivity index (χ1) is 20.8. The minimum atomic E-state index is 0.921. The molecule has 0 atom stereocenters. The van der Waals surface area contributed by atoms with Crippen LogP contribution in [0.3, 0.4) is 0 Å². The van der Waals surface area contributed by atoms with Crippen LogP contribution in [0.15, 0.2) is 134 Å². The van der Waals surface area contributed by atoms with Crippen molar-refractivity contribution in [3.05, 3.63) is 134 Å². The molecule has 0 amide bonds. The zero-order chi connectivity index (χ0) is 27.6.